The molecule has 0 spiro atoms. The van der Waals surface area contributed by atoms with E-state index in [4.69, 9.17) is 10.5 Å². The molecule has 0 saturated carbocycles. The van der Waals surface area contributed by atoms with E-state index < -0.39 is 12.2 Å². The molecule has 0 amide bonds. The topological polar surface area (TPSA) is 38.5 Å². The van der Waals surface area contributed by atoms with E-state index in [2.05, 4.69) is 0 Å². The van der Waals surface area contributed by atoms with Gasteiger partial charge in [0.2, 0.25) is 0 Å². The van der Waals surface area contributed by atoms with Crippen LogP contribution in [0.2, 0.25) is 0 Å². The van der Waals surface area contributed by atoms with Gasteiger partial charge in [0.15, 0.2) is 0 Å². The first-order valence-corrected chi connectivity index (χ1v) is 5.48. The normalized spacial score (nSPS) is 28.7. The number of hydrogen-bond donors (Lipinski definition) is 1. The molecule has 1 saturated heterocycles. The number of nitrogens with two attached hydrogens (primary N) is 1. The summed E-state index contributed by atoms with van der Waals surface area (Å²) in [5.41, 5.74) is 5.24. The van der Waals surface area contributed by atoms with Crippen molar-refractivity contribution in [2.45, 2.75) is 44.1 Å². The smallest absolute Gasteiger partial charge is 0.377 e. The molecule has 0 bridgehead atoms. The van der Waals surface area contributed by atoms with Crippen molar-refractivity contribution in [3.05, 3.63) is 0 Å². The number of likely N-dealkylation sites (N-methyl/N-ethyl adjacent to an activating group) is 1. The largest absolute Gasteiger partial charge is 0.404 e. The standard InChI is InChI=1S/C10H19F3N2O/c1-7-8(4-6-16-7)15(2)9(3-5-14)10(11,12)13/h7-9H,3-6,14H2,1-2H3. The summed E-state index contributed by atoms with van der Waals surface area (Å²) < 4.78 is 43.7. The van der Waals surface area contributed by atoms with Gasteiger partial charge in [-0.05, 0) is 33.4 Å². The lowest BCUT2D eigenvalue weighted by Crippen LogP contribution is -2.51. The van der Waals surface area contributed by atoms with Crippen LogP contribution in [-0.4, -0.2) is 49.5 Å². The zero-order valence-corrected chi connectivity index (χ0v) is 9.63. The monoisotopic (exact) mass is 240 g/mol. The first-order chi connectivity index (χ1) is 7.38. The fraction of sp³-hybridized carbons (Fsp3) is 1.00. The van der Waals surface area contributed by atoms with Crippen molar-refractivity contribution in [3.63, 3.8) is 0 Å². The number of nitrogens with zero attached hydrogens (tertiary/aromatic N) is 1. The quantitative estimate of drug-likeness (QED) is 0.806. The molecular weight excluding hydrogens is 221 g/mol. The fourth-order valence-corrected chi connectivity index (χ4v) is 2.24. The SMILES string of the molecule is CC1OCCC1N(C)C(CCN)C(F)(F)F. The van der Waals surface area contributed by atoms with Crippen LogP contribution in [0, 0.1) is 0 Å². The number of hydrogen-bond acceptors (Lipinski definition) is 3. The van der Waals surface area contributed by atoms with E-state index in [0.29, 0.717) is 13.0 Å². The molecule has 0 aromatic heterocycles. The van der Waals surface area contributed by atoms with Crippen molar-refractivity contribution in [1.82, 2.24) is 4.90 Å². The summed E-state index contributed by atoms with van der Waals surface area (Å²) in [6.45, 7) is 2.38. The van der Waals surface area contributed by atoms with E-state index in [-0.39, 0.29) is 25.1 Å². The Morgan fingerprint density at radius 2 is 2.12 bits per heavy atom. The average Bonchev–Trinajstić information content (AvgIpc) is 2.58. The van der Waals surface area contributed by atoms with Gasteiger partial charge in [-0.2, -0.15) is 13.2 Å². The summed E-state index contributed by atoms with van der Waals surface area (Å²) in [6, 6.07) is -1.63. The minimum Gasteiger partial charge on any atom is -0.377 e. The number of ether oxygens (including phenoxy) is 1. The average molecular weight is 240 g/mol. The van der Waals surface area contributed by atoms with Crippen molar-refractivity contribution >= 4 is 0 Å². The molecule has 0 aromatic carbocycles. The minimum atomic E-state index is -4.23. The molecule has 16 heavy (non-hydrogen) atoms. The van der Waals surface area contributed by atoms with Crippen LogP contribution in [0.3, 0.4) is 0 Å². The van der Waals surface area contributed by atoms with Gasteiger partial charge < -0.3 is 10.5 Å². The summed E-state index contributed by atoms with van der Waals surface area (Å²) >= 11 is 0. The van der Waals surface area contributed by atoms with E-state index >= 15 is 0 Å². The van der Waals surface area contributed by atoms with Crippen LogP contribution in [0.1, 0.15) is 19.8 Å². The van der Waals surface area contributed by atoms with Gasteiger partial charge >= 0.3 is 6.18 Å². The van der Waals surface area contributed by atoms with Crippen molar-refractivity contribution in [1.29, 1.82) is 0 Å². The zero-order chi connectivity index (χ0) is 12.3. The van der Waals surface area contributed by atoms with Gasteiger partial charge in [0.25, 0.3) is 0 Å². The Bertz CT molecular complexity index is 223. The van der Waals surface area contributed by atoms with Crippen molar-refractivity contribution in [2.24, 2.45) is 5.73 Å². The molecular formula is C10H19F3N2O. The maximum Gasteiger partial charge on any atom is 0.404 e. The van der Waals surface area contributed by atoms with Gasteiger partial charge in [0, 0.05) is 12.6 Å². The summed E-state index contributed by atoms with van der Waals surface area (Å²) in [7, 11) is 1.50. The highest BCUT2D eigenvalue weighted by molar-refractivity contribution is 4.87. The van der Waals surface area contributed by atoms with Crippen LogP contribution in [0.25, 0.3) is 0 Å². The van der Waals surface area contributed by atoms with Gasteiger partial charge in [-0.1, -0.05) is 0 Å². The Kier molecular flexibility index (Phi) is 4.58. The lowest BCUT2D eigenvalue weighted by molar-refractivity contribution is -0.188. The number of rotatable bonds is 4. The highest BCUT2D eigenvalue weighted by Gasteiger charge is 2.45. The molecule has 1 heterocycles. The second-order valence-corrected chi connectivity index (χ2v) is 4.23. The molecule has 1 rings (SSSR count). The zero-order valence-electron chi connectivity index (χ0n) is 9.63. The van der Waals surface area contributed by atoms with E-state index in [1.807, 2.05) is 6.92 Å². The van der Waals surface area contributed by atoms with Crippen LogP contribution < -0.4 is 5.73 Å². The fourth-order valence-electron chi connectivity index (χ4n) is 2.24. The molecule has 0 aliphatic carbocycles. The van der Waals surface area contributed by atoms with Gasteiger partial charge in [-0.3, -0.25) is 4.90 Å². The molecule has 0 radical (unpaired) electrons. The molecule has 2 N–H and O–H groups in total. The molecule has 3 atom stereocenters. The Hall–Kier alpha value is -0.330. The van der Waals surface area contributed by atoms with Crippen LogP contribution in [0.4, 0.5) is 13.2 Å². The van der Waals surface area contributed by atoms with Gasteiger partial charge in [-0.25, -0.2) is 0 Å². The summed E-state index contributed by atoms with van der Waals surface area (Å²) in [5, 5.41) is 0. The van der Waals surface area contributed by atoms with Crippen molar-refractivity contribution in [2.75, 3.05) is 20.2 Å². The predicted molar refractivity (Wildman–Crippen MR) is 55.1 cm³/mol. The molecule has 96 valence electrons. The second kappa shape index (κ2) is 5.33. The first-order valence-electron chi connectivity index (χ1n) is 5.48. The number of alkyl halides is 3. The van der Waals surface area contributed by atoms with Gasteiger partial charge in [0.05, 0.1) is 6.10 Å². The molecule has 1 fully saturated rings. The third-order valence-electron chi connectivity index (χ3n) is 3.17. The maximum atomic E-state index is 12.8. The van der Waals surface area contributed by atoms with Crippen LogP contribution in [0.15, 0.2) is 0 Å². The lowest BCUT2D eigenvalue weighted by Gasteiger charge is -2.35. The highest BCUT2D eigenvalue weighted by atomic mass is 19.4. The van der Waals surface area contributed by atoms with Crippen LogP contribution in [-0.2, 0) is 4.74 Å². The Morgan fingerprint density at radius 3 is 2.50 bits per heavy atom. The third kappa shape index (κ3) is 3.09. The Labute approximate surface area is 93.7 Å². The molecule has 6 heteroatoms. The molecule has 3 unspecified atom stereocenters. The molecule has 3 nitrogen and oxygen atoms in total. The van der Waals surface area contributed by atoms with E-state index in [1.165, 1.54) is 11.9 Å². The van der Waals surface area contributed by atoms with Crippen LogP contribution in [0.5, 0.6) is 0 Å². The van der Waals surface area contributed by atoms with Crippen LogP contribution >= 0.6 is 0 Å². The minimum absolute atomic E-state index is 0.0382. The Morgan fingerprint density at radius 1 is 1.50 bits per heavy atom. The van der Waals surface area contributed by atoms with E-state index in [0.717, 1.165) is 0 Å². The Balaban J connectivity index is 2.70. The molecule has 1 aliphatic heterocycles. The summed E-state index contributed by atoms with van der Waals surface area (Å²) in [5.74, 6) is 0. The van der Waals surface area contributed by atoms with Crippen molar-refractivity contribution in [3.8, 4) is 0 Å². The highest BCUT2D eigenvalue weighted by Crippen LogP contribution is 2.30. The first kappa shape index (κ1) is 13.7. The maximum absolute atomic E-state index is 12.8. The van der Waals surface area contributed by atoms with Gasteiger partial charge in [-0.15, -0.1) is 0 Å². The number of halogens is 3. The van der Waals surface area contributed by atoms with Crippen molar-refractivity contribution < 1.29 is 17.9 Å². The van der Waals surface area contributed by atoms with E-state index in [9.17, 15) is 13.2 Å². The third-order valence-corrected chi connectivity index (χ3v) is 3.17. The molecule has 1 aliphatic rings. The molecule has 0 aromatic rings. The van der Waals surface area contributed by atoms with E-state index in [1.54, 1.807) is 0 Å². The summed E-state index contributed by atoms with van der Waals surface area (Å²) in [6.07, 6.45) is -3.79. The lowest BCUT2D eigenvalue weighted by atomic mass is 10.1. The summed E-state index contributed by atoms with van der Waals surface area (Å²) in [4.78, 5) is 1.37. The predicted octanol–water partition coefficient (Wildman–Crippen LogP) is 1.38. The second-order valence-electron chi connectivity index (χ2n) is 4.23. The van der Waals surface area contributed by atoms with Gasteiger partial charge in [0.1, 0.15) is 6.04 Å².